The maximum absolute atomic E-state index is 12.8. The lowest BCUT2D eigenvalue weighted by molar-refractivity contribution is -0.132. The SMILES string of the molecule is O=C(CC1CCCN1C(=O)CN1C(=O)c2ccccc2C1=O)c1cccs1. The largest absolute Gasteiger partial charge is 0.338 e. The zero-order valence-electron chi connectivity index (χ0n) is 14.6. The van der Waals surface area contributed by atoms with Gasteiger partial charge in [0.15, 0.2) is 5.78 Å². The number of likely N-dealkylation sites (tertiary alicyclic amines) is 1. The summed E-state index contributed by atoms with van der Waals surface area (Å²) in [5.41, 5.74) is 0.669. The first kappa shape index (κ1) is 17.6. The summed E-state index contributed by atoms with van der Waals surface area (Å²) in [6.07, 6.45) is 1.84. The van der Waals surface area contributed by atoms with E-state index in [1.807, 2.05) is 11.4 Å². The molecule has 1 unspecified atom stereocenters. The monoisotopic (exact) mass is 382 g/mol. The van der Waals surface area contributed by atoms with Crippen LogP contribution in [-0.2, 0) is 4.79 Å². The molecule has 0 bridgehead atoms. The van der Waals surface area contributed by atoms with Gasteiger partial charge in [-0.15, -0.1) is 11.3 Å². The van der Waals surface area contributed by atoms with Gasteiger partial charge in [0, 0.05) is 19.0 Å². The van der Waals surface area contributed by atoms with E-state index in [1.165, 1.54) is 11.3 Å². The van der Waals surface area contributed by atoms with E-state index < -0.39 is 11.8 Å². The van der Waals surface area contributed by atoms with Crippen LogP contribution >= 0.6 is 11.3 Å². The third kappa shape index (κ3) is 3.19. The molecule has 1 atom stereocenters. The molecule has 0 radical (unpaired) electrons. The first-order valence-corrected chi connectivity index (χ1v) is 9.75. The Morgan fingerprint density at radius 2 is 1.74 bits per heavy atom. The van der Waals surface area contributed by atoms with Crippen molar-refractivity contribution in [3.63, 3.8) is 0 Å². The molecule has 2 aliphatic rings. The van der Waals surface area contributed by atoms with Crippen LogP contribution in [0.25, 0.3) is 0 Å². The number of fused-ring (bicyclic) bond motifs is 1. The molecule has 6 nitrogen and oxygen atoms in total. The number of nitrogens with zero attached hydrogens (tertiary/aromatic N) is 2. The van der Waals surface area contributed by atoms with Gasteiger partial charge >= 0.3 is 0 Å². The number of carbonyl (C=O) groups excluding carboxylic acids is 4. The van der Waals surface area contributed by atoms with Crippen molar-refractivity contribution in [1.29, 1.82) is 0 Å². The lowest BCUT2D eigenvalue weighted by atomic mass is 10.1. The van der Waals surface area contributed by atoms with Crippen molar-refractivity contribution in [3.8, 4) is 0 Å². The zero-order chi connectivity index (χ0) is 19.0. The van der Waals surface area contributed by atoms with Crippen molar-refractivity contribution in [2.24, 2.45) is 0 Å². The van der Waals surface area contributed by atoms with E-state index in [4.69, 9.17) is 0 Å². The molecule has 0 spiro atoms. The fourth-order valence-corrected chi connectivity index (χ4v) is 4.41. The number of imide groups is 1. The number of amides is 3. The molecule has 2 aliphatic heterocycles. The molecular formula is C20H18N2O4S. The number of hydrogen-bond donors (Lipinski definition) is 0. The fourth-order valence-electron chi connectivity index (χ4n) is 3.74. The molecule has 3 heterocycles. The van der Waals surface area contributed by atoms with E-state index in [0.717, 1.165) is 17.7 Å². The second-order valence-corrected chi connectivity index (χ2v) is 7.68. The standard InChI is InChI=1S/C20H18N2O4S/c23-16(17-8-4-10-27-17)11-13-5-3-9-21(13)18(24)12-22-19(25)14-6-1-2-7-15(14)20(22)26/h1-2,4,6-8,10,13H,3,5,9,11-12H2. The van der Waals surface area contributed by atoms with Gasteiger partial charge in [-0.3, -0.25) is 24.1 Å². The second kappa shape index (κ2) is 7.08. The summed E-state index contributed by atoms with van der Waals surface area (Å²) in [5.74, 6) is -1.13. The third-order valence-electron chi connectivity index (χ3n) is 5.09. The Morgan fingerprint density at radius 3 is 2.37 bits per heavy atom. The van der Waals surface area contributed by atoms with Gasteiger partial charge in [0.1, 0.15) is 6.54 Å². The minimum atomic E-state index is -0.436. The van der Waals surface area contributed by atoms with Gasteiger partial charge in [-0.2, -0.15) is 0 Å². The van der Waals surface area contributed by atoms with Crippen molar-refractivity contribution in [3.05, 3.63) is 57.8 Å². The summed E-state index contributed by atoms with van der Waals surface area (Å²) >= 11 is 1.39. The highest BCUT2D eigenvalue weighted by Gasteiger charge is 2.39. The maximum Gasteiger partial charge on any atom is 0.262 e. The summed E-state index contributed by atoms with van der Waals surface area (Å²) < 4.78 is 0. The summed E-state index contributed by atoms with van der Waals surface area (Å²) in [6.45, 7) is 0.264. The average Bonchev–Trinajstić information content (AvgIpc) is 3.40. The van der Waals surface area contributed by atoms with E-state index >= 15 is 0 Å². The fraction of sp³-hybridized carbons (Fsp3) is 0.300. The predicted molar refractivity (Wildman–Crippen MR) is 99.8 cm³/mol. The van der Waals surface area contributed by atoms with Crippen LogP contribution in [-0.4, -0.2) is 52.4 Å². The van der Waals surface area contributed by atoms with Crippen molar-refractivity contribution in [1.82, 2.24) is 9.80 Å². The van der Waals surface area contributed by atoms with Crippen LogP contribution in [0, 0.1) is 0 Å². The highest BCUT2D eigenvalue weighted by atomic mass is 32.1. The van der Waals surface area contributed by atoms with Crippen molar-refractivity contribution < 1.29 is 19.2 Å². The number of thiophene rings is 1. The van der Waals surface area contributed by atoms with Crippen molar-refractivity contribution in [2.75, 3.05) is 13.1 Å². The van der Waals surface area contributed by atoms with Crippen LogP contribution < -0.4 is 0 Å². The molecule has 27 heavy (non-hydrogen) atoms. The molecule has 1 saturated heterocycles. The number of benzene rings is 1. The molecule has 0 N–H and O–H groups in total. The average molecular weight is 382 g/mol. The van der Waals surface area contributed by atoms with Gasteiger partial charge in [-0.05, 0) is 36.4 Å². The van der Waals surface area contributed by atoms with E-state index in [0.29, 0.717) is 22.5 Å². The summed E-state index contributed by atoms with van der Waals surface area (Å²) in [4.78, 5) is 53.4. The molecule has 3 amide bonds. The second-order valence-electron chi connectivity index (χ2n) is 6.73. The first-order chi connectivity index (χ1) is 13.1. The molecule has 4 rings (SSSR count). The Morgan fingerprint density at radius 1 is 1.04 bits per heavy atom. The van der Waals surface area contributed by atoms with Crippen molar-refractivity contribution >= 4 is 34.8 Å². The van der Waals surface area contributed by atoms with Crippen LogP contribution in [0.4, 0.5) is 0 Å². The summed E-state index contributed by atoms with van der Waals surface area (Å²) in [5, 5.41) is 1.85. The molecular weight excluding hydrogens is 364 g/mol. The van der Waals surface area contributed by atoms with Gasteiger partial charge in [-0.1, -0.05) is 18.2 Å². The first-order valence-electron chi connectivity index (χ1n) is 8.87. The minimum absolute atomic E-state index is 0.0235. The molecule has 0 aliphatic carbocycles. The van der Waals surface area contributed by atoms with Crippen molar-refractivity contribution in [2.45, 2.75) is 25.3 Å². The van der Waals surface area contributed by atoms with Crippen LogP contribution in [0.2, 0.25) is 0 Å². The van der Waals surface area contributed by atoms with Crippen LogP contribution in [0.5, 0.6) is 0 Å². The van der Waals surface area contributed by atoms with Crippen LogP contribution in [0.15, 0.2) is 41.8 Å². The summed E-state index contributed by atoms with van der Waals surface area (Å²) in [7, 11) is 0. The number of carbonyl (C=O) groups is 4. The number of ketones is 1. The third-order valence-corrected chi connectivity index (χ3v) is 6.00. The lowest BCUT2D eigenvalue weighted by Crippen LogP contribution is -2.45. The van der Waals surface area contributed by atoms with Gasteiger partial charge < -0.3 is 4.90 Å². The minimum Gasteiger partial charge on any atom is -0.338 e. The van der Waals surface area contributed by atoms with Crippen LogP contribution in [0.3, 0.4) is 0 Å². The highest BCUT2D eigenvalue weighted by molar-refractivity contribution is 7.12. The van der Waals surface area contributed by atoms with E-state index in [9.17, 15) is 19.2 Å². The lowest BCUT2D eigenvalue weighted by Gasteiger charge is -2.26. The Hall–Kier alpha value is -2.80. The molecule has 138 valence electrons. The number of hydrogen-bond acceptors (Lipinski definition) is 5. The summed E-state index contributed by atoms with van der Waals surface area (Å²) in [6, 6.07) is 10.0. The number of Topliss-reactive ketones (excluding diaryl/α,β-unsaturated/α-hetero) is 1. The molecule has 1 fully saturated rings. The van der Waals surface area contributed by atoms with E-state index in [-0.39, 0.29) is 30.7 Å². The van der Waals surface area contributed by atoms with Crippen LogP contribution in [0.1, 0.15) is 49.7 Å². The van der Waals surface area contributed by atoms with E-state index in [1.54, 1.807) is 35.2 Å². The highest BCUT2D eigenvalue weighted by Crippen LogP contribution is 2.26. The molecule has 1 aromatic heterocycles. The van der Waals surface area contributed by atoms with Gasteiger partial charge in [0.2, 0.25) is 5.91 Å². The topological polar surface area (TPSA) is 74.8 Å². The molecule has 7 heteroatoms. The molecule has 0 saturated carbocycles. The Kier molecular flexibility index (Phi) is 4.61. The predicted octanol–water partition coefficient (Wildman–Crippen LogP) is 2.61. The Labute approximate surface area is 160 Å². The van der Waals surface area contributed by atoms with E-state index in [2.05, 4.69) is 0 Å². The molecule has 2 aromatic rings. The Bertz CT molecular complexity index is 887. The molecule has 1 aromatic carbocycles. The maximum atomic E-state index is 12.8. The quantitative estimate of drug-likeness (QED) is 0.588. The Balaban J connectivity index is 1.44. The van der Waals surface area contributed by atoms with Gasteiger partial charge in [-0.25, -0.2) is 0 Å². The number of rotatable bonds is 5. The smallest absolute Gasteiger partial charge is 0.262 e. The zero-order valence-corrected chi connectivity index (χ0v) is 15.4. The van der Waals surface area contributed by atoms with Gasteiger partial charge in [0.25, 0.3) is 11.8 Å². The normalized spacial score (nSPS) is 18.9. The van der Waals surface area contributed by atoms with Gasteiger partial charge in [0.05, 0.1) is 16.0 Å².